The SMILES string of the molecule is CCCOc1cc(N)cc(Nc2c(Cl)cccc2Cl)c1. The highest BCUT2D eigenvalue weighted by Crippen LogP contribution is 2.34. The summed E-state index contributed by atoms with van der Waals surface area (Å²) in [5, 5.41) is 4.28. The Balaban J connectivity index is 2.27. The maximum atomic E-state index is 6.13. The van der Waals surface area contributed by atoms with Gasteiger partial charge in [0.2, 0.25) is 0 Å². The average Bonchev–Trinajstić information content (AvgIpc) is 2.40. The van der Waals surface area contributed by atoms with E-state index in [0.717, 1.165) is 17.9 Å². The first-order chi connectivity index (χ1) is 9.60. The largest absolute Gasteiger partial charge is 0.493 e. The third-order valence-corrected chi connectivity index (χ3v) is 3.26. The maximum absolute atomic E-state index is 6.13. The first-order valence-electron chi connectivity index (χ1n) is 6.34. The van der Waals surface area contributed by atoms with Crippen LogP contribution in [0, 0.1) is 0 Å². The fourth-order valence-electron chi connectivity index (χ4n) is 1.76. The molecular formula is C15H16Cl2N2O. The van der Waals surface area contributed by atoms with Crippen molar-refractivity contribution in [1.29, 1.82) is 0 Å². The van der Waals surface area contributed by atoms with Crippen LogP contribution in [0.3, 0.4) is 0 Å². The van der Waals surface area contributed by atoms with Gasteiger partial charge in [-0.1, -0.05) is 36.2 Å². The van der Waals surface area contributed by atoms with Gasteiger partial charge in [0.1, 0.15) is 5.75 Å². The lowest BCUT2D eigenvalue weighted by atomic mass is 10.2. The van der Waals surface area contributed by atoms with Crippen LogP contribution in [0.5, 0.6) is 5.75 Å². The molecule has 0 aliphatic carbocycles. The molecule has 0 unspecified atom stereocenters. The number of halogens is 2. The summed E-state index contributed by atoms with van der Waals surface area (Å²) >= 11 is 12.3. The van der Waals surface area contributed by atoms with Gasteiger partial charge in [0.15, 0.2) is 0 Å². The molecule has 2 aromatic rings. The number of nitrogens with two attached hydrogens (primary N) is 1. The van der Waals surface area contributed by atoms with E-state index in [2.05, 4.69) is 12.2 Å². The summed E-state index contributed by atoms with van der Waals surface area (Å²) in [6.07, 6.45) is 0.938. The molecule has 3 nitrogen and oxygen atoms in total. The topological polar surface area (TPSA) is 47.3 Å². The van der Waals surface area contributed by atoms with Crippen LogP contribution in [0.1, 0.15) is 13.3 Å². The van der Waals surface area contributed by atoms with Crippen LogP contribution in [0.25, 0.3) is 0 Å². The average molecular weight is 311 g/mol. The number of rotatable bonds is 5. The molecule has 20 heavy (non-hydrogen) atoms. The molecule has 0 heterocycles. The normalized spacial score (nSPS) is 10.3. The van der Waals surface area contributed by atoms with Crippen LogP contribution in [0.15, 0.2) is 36.4 Å². The van der Waals surface area contributed by atoms with Crippen molar-refractivity contribution < 1.29 is 4.74 Å². The number of benzene rings is 2. The molecule has 0 aliphatic heterocycles. The monoisotopic (exact) mass is 310 g/mol. The molecule has 0 amide bonds. The maximum Gasteiger partial charge on any atom is 0.123 e. The van der Waals surface area contributed by atoms with Crippen LogP contribution in [-0.4, -0.2) is 6.61 Å². The molecule has 0 radical (unpaired) electrons. The number of hydrogen-bond donors (Lipinski definition) is 2. The van der Waals surface area contributed by atoms with E-state index >= 15 is 0 Å². The van der Waals surface area contributed by atoms with E-state index < -0.39 is 0 Å². The lowest BCUT2D eigenvalue weighted by Crippen LogP contribution is -1.99. The van der Waals surface area contributed by atoms with Gasteiger partial charge < -0.3 is 15.8 Å². The zero-order valence-corrected chi connectivity index (χ0v) is 12.6. The van der Waals surface area contributed by atoms with E-state index in [9.17, 15) is 0 Å². The number of para-hydroxylation sites is 1. The van der Waals surface area contributed by atoms with Gasteiger partial charge in [-0.2, -0.15) is 0 Å². The first-order valence-corrected chi connectivity index (χ1v) is 7.10. The number of hydrogen-bond acceptors (Lipinski definition) is 3. The Labute approximate surface area is 128 Å². The van der Waals surface area contributed by atoms with Crippen molar-refractivity contribution in [3.05, 3.63) is 46.4 Å². The standard InChI is InChI=1S/C15H16Cl2N2O/c1-2-6-20-12-8-10(18)7-11(9-12)19-15-13(16)4-3-5-14(15)17/h3-5,7-9,19H,2,6,18H2,1H3. The van der Waals surface area contributed by atoms with E-state index in [1.165, 1.54) is 0 Å². The second-order valence-corrected chi connectivity index (χ2v) is 5.18. The molecule has 0 aliphatic rings. The molecule has 0 spiro atoms. The summed E-state index contributed by atoms with van der Waals surface area (Å²) in [5.41, 5.74) is 7.93. The summed E-state index contributed by atoms with van der Waals surface area (Å²) in [7, 11) is 0. The number of nitrogens with one attached hydrogen (secondary N) is 1. The third-order valence-electron chi connectivity index (χ3n) is 2.63. The number of nitrogen functional groups attached to an aromatic ring is 1. The van der Waals surface area contributed by atoms with E-state index in [0.29, 0.717) is 28.0 Å². The van der Waals surface area contributed by atoms with E-state index in [-0.39, 0.29) is 0 Å². The quantitative estimate of drug-likeness (QED) is 0.754. The lowest BCUT2D eigenvalue weighted by Gasteiger charge is -2.13. The van der Waals surface area contributed by atoms with Crippen molar-refractivity contribution in [2.75, 3.05) is 17.7 Å². The Hall–Kier alpha value is -1.58. The van der Waals surface area contributed by atoms with E-state index in [1.54, 1.807) is 30.3 Å². The molecule has 0 aromatic heterocycles. The third kappa shape index (κ3) is 3.71. The zero-order valence-electron chi connectivity index (χ0n) is 11.1. The molecule has 0 atom stereocenters. The second kappa shape index (κ2) is 6.73. The van der Waals surface area contributed by atoms with Gasteiger partial charge in [-0.05, 0) is 24.6 Å². The van der Waals surface area contributed by atoms with Gasteiger partial charge in [-0.3, -0.25) is 0 Å². The predicted octanol–water partition coefficient (Wildman–Crippen LogP) is 5.11. The summed E-state index contributed by atoms with van der Waals surface area (Å²) in [6, 6.07) is 10.8. The molecule has 2 aromatic carbocycles. The molecule has 0 fully saturated rings. The van der Waals surface area contributed by atoms with Crippen LogP contribution in [0.4, 0.5) is 17.1 Å². The van der Waals surface area contributed by atoms with Gasteiger partial charge in [0, 0.05) is 23.5 Å². The summed E-state index contributed by atoms with van der Waals surface area (Å²) in [4.78, 5) is 0. The predicted molar refractivity (Wildman–Crippen MR) is 86.4 cm³/mol. The fraction of sp³-hybridized carbons (Fsp3) is 0.200. The first kappa shape index (κ1) is 14.8. The van der Waals surface area contributed by atoms with Gasteiger partial charge in [0.25, 0.3) is 0 Å². The minimum atomic E-state index is 0.552. The molecule has 2 rings (SSSR count). The Morgan fingerprint density at radius 2 is 1.85 bits per heavy atom. The Bertz CT molecular complexity index is 582. The van der Waals surface area contributed by atoms with Crippen molar-refractivity contribution in [3.63, 3.8) is 0 Å². The second-order valence-electron chi connectivity index (χ2n) is 4.36. The zero-order chi connectivity index (χ0) is 14.5. The molecule has 0 bridgehead atoms. The van der Waals surface area contributed by atoms with Crippen LogP contribution >= 0.6 is 23.2 Å². The Morgan fingerprint density at radius 3 is 2.50 bits per heavy atom. The van der Waals surface area contributed by atoms with Crippen molar-refractivity contribution in [2.24, 2.45) is 0 Å². The van der Waals surface area contributed by atoms with Crippen LogP contribution in [-0.2, 0) is 0 Å². The lowest BCUT2D eigenvalue weighted by molar-refractivity contribution is 0.318. The Kier molecular flexibility index (Phi) is 4.99. The highest BCUT2D eigenvalue weighted by Gasteiger charge is 2.07. The Morgan fingerprint density at radius 1 is 1.15 bits per heavy atom. The molecule has 106 valence electrons. The highest BCUT2D eigenvalue weighted by molar-refractivity contribution is 6.39. The molecule has 5 heteroatoms. The molecular weight excluding hydrogens is 295 g/mol. The van der Waals surface area contributed by atoms with Crippen LogP contribution in [0.2, 0.25) is 10.0 Å². The highest BCUT2D eigenvalue weighted by atomic mass is 35.5. The van der Waals surface area contributed by atoms with Crippen molar-refractivity contribution >= 4 is 40.3 Å². The summed E-state index contributed by atoms with van der Waals surface area (Å²) in [5.74, 6) is 0.720. The summed E-state index contributed by atoms with van der Waals surface area (Å²) in [6.45, 7) is 2.70. The van der Waals surface area contributed by atoms with Crippen LogP contribution < -0.4 is 15.8 Å². The fourth-order valence-corrected chi connectivity index (χ4v) is 2.25. The van der Waals surface area contributed by atoms with Crippen molar-refractivity contribution in [3.8, 4) is 5.75 Å². The van der Waals surface area contributed by atoms with Gasteiger partial charge >= 0.3 is 0 Å². The van der Waals surface area contributed by atoms with E-state index in [4.69, 9.17) is 33.7 Å². The van der Waals surface area contributed by atoms with Gasteiger partial charge in [-0.25, -0.2) is 0 Å². The number of anilines is 3. The van der Waals surface area contributed by atoms with E-state index in [1.807, 2.05) is 6.07 Å². The summed E-state index contributed by atoms with van der Waals surface area (Å²) < 4.78 is 5.59. The van der Waals surface area contributed by atoms with Crippen molar-refractivity contribution in [1.82, 2.24) is 0 Å². The molecule has 0 saturated carbocycles. The molecule has 0 saturated heterocycles. The molecule has 3 N–H and O–H groups in total. The van der Waals surface area contributed by atoms with Gasteiger partial charge in [0.05, 0.1) is 22.3 Å². The smallest absolute Gasteiger partial charge is 0.123 e. The minimum Gasteiger partial charge on any atom is -0.493 e. The minimum absolute atomic E-state index is 0.552. The van der Waals surface area contributed by atoms with Gasteiger partial charge in [-0.15, -0.1) is 0 Å². The van der Waals surface area contributed by atoms with Crippen molar-refractivity contribution in [2.45, 2.75) is 13.3 Å². The number of ether oxygens (including phenoxy) is 1.